The Morgan fingerprint density at radius 2 is 0.970 bits per heavy atom. The molecule has 10 heteroatoms. The molecular formula is C23H22F4N2O4. The third-order valence-electron chi connectivity index (χ3n) is 6.51. The molecule has 2 aromatic rings. The maximum atomic E-state index is 12.7. The molecular weight excluding hydrogens is 444 g/mol. The lowest BCUT2D eigenvalue weighted by atomic mass is 9.32. The van der Waals surface area contributed by atoms with E-state index < -0.39 is 47.7 Å². The monoisotopic (exact) mass is 466 g/mol. The van der Waals surface area contributed by atoms with Crippen molar-refractivity contribution in [1.29, 1.82) is 0 Å². The van der Waals surface area contributed by atoms with Crippen LogP contribution in [0.2, 0.25) is 0 Å². The van der Waals surface area contributed by atoms with Crippen molar-refractivity contribution in [1.82, 2.24) is 0 Å². The molecule has 2 atom stereocenters. The van der Waals surface area contributed by atoms with Gasteiger partial charge in [-0.1, -0.05) is 0 Å². The summed E-state index contributed by atoms with van der Waals surface area (Å²) < 4.78 is 62.5. The van der Waals surface area contributed by atoms with Gasteiger partial charge in [-0.3, -0.25) is 9.59 Å². The van der Waals surface area contributed by atoms with E-state index in [1.165, 1.54) is 48.5 Å². The molecule has 0 radical (unpaired) electrons. The van der Waals surface area contributed by atoms with Crippen molar-refractivity contribution in [3.05, 3.63) is 59.7 Å². The molecule has 2 amide bonds. The number of ether oxygens (including phenoxy) is 2. The minimum Gasteiger partial charge on any atom is -0.480 e. The molecule has 3 aliphatic rings. The fraction of sp³-hybridized carbons (Fsp3) is 0.391. The molecule has 33 heavy (non-hydrogen) atoms. The third kappa shape index (κ3) is 4.09. The predicted molar refractivity (Wildman–Crippen MR) is 109 cm³/mol. The van der Waals surface area contributed by atoms with Gasteiger partial charge in [0.25, 0.3) is 24.7 Å². The van der Waals surface area contributed by atoms with Gasteiger partial charge in [0.15, 0.2) is 12.2 Å². The van der Waals surface area contributed by atoms with Crippen LogP contribution in [0.3, 0.4) is 0 Å². The second-order valence-electron chi connectivity index (χ2n) is 8.80. The van der Waals surface area contributed by atoms with Crippen LogP contribution < -0.4 is 20.9 Å². The lowest BCUT2D eigenvalue weighted by Crippen LogP contribution is -2.75. The fourth-order valence-corrected chi connectivity index (χ4v) is 5.13. The number of primary amides is 2. The standard InChI is InChI=1S/C23H22F4N2O4/c24-18(25)12-1-5-14(6-2-12)32-16(20(28)30)22-9-23(10-22,11-22)17(21(29)31)33-15-7-3-13(4-8-15)19(26)27/h1-8,16-19H,9-11H2,(H2,28,30)(H2,29,31). The zero-order valence-corrected chi connectivity index (χ0v) is 17.3. The highest BCUT2D eigenvalue weighted by Crippen LogP contribution is 2.76. The Hall–Kier alpha value is -3.30. The van der Waals surface area contributed by atoms with Crippen LogP contribution in [-0.4, -0.2) is 24.0 Å². The van der Waals surface area contributed by atoms with Crippen molar-refractivity contribution < 1.29 is 36.6 Å². The summed E-state index contributed by atoms with van der Waals surface area (Å²) in [5, 5.41) is 0. The quantitative estimate of drug-likeness (QED) is 0.518. The summed E-state index contributed by atoms with van der Waals surface area (Å²) in [7, 11) is 0. The zero-order chi connectivity index (χ0) is 24.0. The van der Waals surface area contributed by atoms with Crippen molar-refractivity contribution in [2.24, 2.45) is 22.3 Å². The topological polar surface area (TPSA) is 105 Å². The van der Waals surface area contributed by atoms with Gasteiger partial charge in [-0.05, 0) is 67.8 Å². The van der Waals surface area contributed by atoms with Crippen molar-refractivity contribution in [3.8, 4) is 11.5 Å². The number of amides is 2. The third-order valence-corrected chi connectivity index (χ3v) is 6.51. The van der Waals surface area contributed by atoms with Crippen LogP contribution in [-0.2, 0) is 9.59 Å². The summed E-state index contributed by atoms with van der Waals surface area (Å²) in [5.41, 5.74) is 9.52. The smallest absolute Gasteiger partial charge is 0.263 e. The molecule has 3 saturated carbocycles. The van der Waals surface area contributed by atoms with Crippen LogP contribution in [0, 0.1) is 10.8 Å². The normalized spacial score (nSPS) is 25.0. The number of hydrogen-bond donors (Lipinski definition) is 2. The molecule has 0 aliphatic heterocycles. The minimum atomic E-state index is -2.62. The van der Waals surface area contributed by atoms with E-state index in [0.29, 0.717) is 19.3 Å². The molecule has 0 heterocycles. The van der Waals surface area contributed by atoms with Crippen LogP contribution >= 0.6 is 0 Å². The molecule has 6 nitrogen and oxygen atoms in total. The molecule has 0 aromatic heterocycles. The molecule has 3 aliphatic carbocycles. The summed E-state index contributed by atoms with van der Waals surface area (Å²) in [5.74, 6) is -0.965. The highest BCUT2D eigenvalue weighted by molar-refractivity contribution is 5.83. The summed E-state index contributed by atoms with van der Waals surface area (Å²) in [6, 6.07) is 10.2. The maximum absolute atomic E-state index is 12.7. The van der Waals surface area contributed by atoms with Gasteiger partial charge in [0.05, 0.1) is 0 Å². The first-order valence-corrected chi connectivity index (χ1v) is 10.2. The molecule has 0 spiro atoms. The van der Waals surface area contributed by atoms with Gasteiger partial charge in [-0.15, -0.1) is 0 Å². The molecule has 2 bridgehead atoms. The Bertz CT molecular complexity index is 942. The number of nitrogens with two attached hydrogens (primary N) is 2. The SMILES string of the molecule is NC(=O)C(Oc1ccc(C(F)F)cc1)C12CC(C(Oc3ccc(C(F)F)cc3)C(N)=O)(C1)C2. The maximum Gasteiger partial charge on any atom is 0.263 e. The van der Waals surface area contributed by atoms with Crippen molar-refractivity contribution in [2.75, 3.05) is 0 Å². The van der Waals surface area contributed by atoms with Crippen LogP contribution in [0.25, 0.3) is 0 Å². The van der Waals surface area contributed by atoms with Gasteiger partial charge in [-0.2, -0.15) is 0 Å². The van der Waals surface area contributed by atoms with E-state index in [4.69, 9.17) is 20.9 Å². The predicted octanol–water partition coefficient (Wildman–Crippen LogP) is 3.90. The first-order valence-electron chi connectivity index (χ1n) is 10.2. The van der Waals surface area contributed by atoms with Crippen LogP contribution in [0.15, 0.2) is 48.5 Å². The van der Waals surface area contributed by atoms with E-state index >= 15 is 0 Å². The number of halogens is 4. The van der Waals surface area contributed by atoms with Crippen molar-refractivity contribution in [2.45, 2.75) is 44.3 Å². The van der Waals surface area contributed by atoms with E-state index in [9.17, 15) is 27.2 Å². The van der Waals surface area contributed by atoms with E-state index in [1.54, 1.807) is 0 Å². The van der Waals surface area contributed by atoms with Gasteiger partial charge >= 0.3 is 0 Å². The van der Waals surface area contributed by atoms with E-state index in [0.717, 1.165) is 0 Å². The summed E-state index contributed by atoms with van der Waals surface area (Å²) in [6.45, 7) is 0. The second kappa shape index (κ2) is 8.24. The number of carbonyl (C=O) groups is 2. The highest BCUT2D eigenvalue weighted by atomic mass is 19.3. The summed E-state index contributed by atoms with van der Waals surface area (Å²) in [6.07, 6.45) is -6.14. The lowest BCUT2D eigenvalue weighted by Gasteiger charge is -2.72. The Morgan fingerprint density at radius 1 is 0.667 bits per heavy atom. The van der Waals surface area contributed by atoms with Crippen LogP contribution in [0.5, 0.6) is 11.5 Å². The summed E-state index contributed by atoms with van der Waals surface area (Å²) in [4.78, 5) is 24.2. The van der Waals surface area contributed by atoms with Gasteiger partial charge in [0.1, 0.15) is 11.5 Å². The van der Waals surface area contributed by atoms with E-state index in [-0.39, 0.29) is 22.6 Å². The molecule has 4 N–H and O–H groups in total. The number of benzene rings is 2. The number of alkyl halides is 4. The van der Waals surface area contributed by atoms with E-state index in [1.807, 2.05) is 0 Å². The van der Waals surface area contributed by atoms with Crippen LogP contribution in [0.1, 0.15) is 43.2 Å². The van der Waals surface area contributed by atoms with Gasteiger partial charge < -0.3 is 20.9 Å². The van der Waals surface area contributed by atoms with Crippen LogP contribution in [0.4, 0.5) is 17.6 Å². The first kappa shape index (κ1) is 22.9. The molecule has 0 saturated heterocycles. The van der Waals surface area contributed by atoms with Gasteiger partial charge in [0.2, 0.25) is 0 Å². The Morgan fingerprint density at radius 3 is 1.21 bits per heavy atom. The zero-order valence-electron chi connectivity index (χ0n) is 17.3. The number of carbonyl (C=O) groups excluding carboxylic acids is 2. The largest absolute Gasteiger partial charge is 0.480 e. The molecule has 2 aromatic carbocycles. The first-order chi connectivity index (χ1) is 15.5. The van der Waals surface area contributed by atoms with Crippen molar-refractivity contribution >= 4 is 11.8 Å². The Kier molecular flexibility index (Phi) is 5.71. The number of rotatable bonds is 10. The summed E-state index contributed by atoms with van der Waals surface area (Å²) >= 11 is 0. The molecule has 3 fully saturated rings. The van der Waals surface area contributed by atoms with Crippen molar-refractivity contribution in [3.63, 3.8) is 0 Å². The lowest BCUT2D eigenvalue weighted by molar-refractivity contribution is -0.271. The van der Waals surface area contributed by atoms with Gasteiger partial charge in [-0.25, -0.2) is 17.6 Å². The Labute approximate surface area is 186 Å². The molecule has 5 rings (SSSR count). The average Bonchev–Trinajstić information content (AvgIpc) is 2.70. The number of hydrogen-bond acceptors (Lipinski definition) is 4. The average molecular weight is 466 g/mol. The van der Waals surface area contributed by atoms with Gasteiger partial charge in [0, 0.05) is 22.0 Å². The minimum absolute atomic E-state index is 0.175. The molecule has 176 valence electrons. The molecule has 2 unspecified atom stereocenters. The fourth-order valence-electron chi connectivity index (χ4n) is 5.13. The van der Waals surface area contributed by atoms with E-state index in [2.05, 4.69) is 0 Å². The second-order valence-corrected chi connectivity index (χ2v) is 8.80. The Balaban J connectivity index is 1.44. The highest BCUT2D eigenvalue weighted by Gasteiger charge is 2.76.